The summed E-state index contributed by atoms with van der Waals surface area (Å²) in [5.41, 5.74) is 6.43. The van der Waals surface area contributed by atoms with Gasteiger partial charge in [0.1, 0.15) is 6.20 Å². The van der Waals surface area contributed by atoms with Crippen LogP contribution in [0.15, 0.2) is 36.5 Å². The topological polar surface area (TPSA) is 116 Å². The maximum atomic E-state index is 10.7. The summed E-state index contributed by atoms with van der Waals surface area (Å²) in [7, 11) is 0. The first kappa shape index (κ1) is 15.2. The van der Waals surface area contributed by atoms with Gasteiger partial charge in [-0.1, -0.05) is 30.3 Å². The second kappa shape index (κ2) is 6.57. The van der Waals surface area contributed by atoms with E-state index >= 15 is 0 Å². The van der Waals surface area contributed by atoms with Crippen LogP contribution in [0.25, 0.3) is 0 Å². The molecule has 0 spiro atoms. The Morgan fingerprint density at radius 3 is 2.83 bits per heavy atom. The highest BCUT2D eigenvalue weighted by molar-refractivity contribution is 5.53. The van der Waals surface area contributed by atoms with Gasteiger partial charge in [0.15, 0.2) is 0 Å². The minimum atomic E-state index is -0.598. The van der Waals surface area contributed by atoms with Crippen LogP contribution in [-0.2, 0) is 4.74 Å². The minimum absolute atomic E-state index is 0.0119. The lowest BCUT2D eigenvalue weighted by Crippen LogP contribution is -2.30. The third kappa shape index (κ3) is 3.54. The predicted octanol–water partition coefficient (Wildman–Crippen LogP) is 2.30. The third-order valence-electron chi connectivity index (χ3n) is 3.78. The Morgan fingerprint density at radius 1 is 1.35 bits per heavy atom. The smallest absolute Gasteiger partial charge is 0.329 e. The zero-order chi connectivity index (χ0) is 16.2. The van der Waals surface area contributed by atoms with E-state index in [1.807, 2.05) is 30.3 Å². The number of nitrogens with one attached hydrogen (secondary N) is 1. The molecule has 8 nitrogen and oxygen atoms in total. The highest BCUT2D eigenvalue weighted by Crippen LogP contribution is 2.29. The minimum Gasteiger partial charge on any atom is -0.378 e. The Morgan fingerprint density at radius 2 is 2.13 bits per heavy atom. The average Bonchev–Trinajstić information content (AvgIpc) is 2.56. The number of ether oxygens (including phenoxy) is 1. The van der Waals surface area contributed by atoms with Crippen LogP contribution >= 0.6 is 0 Å². The molecule has 23 heavy (non-hydrogen) atoms. The zero-order valence-electron chi connectivity index (χ0n) is 12.4. The van der Waals surface area contributed by atoms with Crippen molar-refractivity contribution in [2.24, 2.45) is 0 Å². The molecule has 120 valence electrons. The van der Waals surface area contributed by atoms with E-state index < -0.39 is 4.92 Å². The Hall–Kier alpha value is -2.74. The van der Waals surface area contributed by atoms with Crippen LogP contribution in [0.5, 0.6) is 0 Å². The number of benzene rings is 1. The lowest BCUT2D eigenvalue weighted by molar-refractivity contribution is -0.384. The Kier molecular flexibility index (Phi) is 4.33. The number of rotatable bonds is 4. The van der Waals surface area contributed by atoms with Crippen molar-refractivity contribution < 1.29 is 9.66 Å². The number of hydrogen-bond donors (Lipinski definition) is 2. The SMILES string of the molecule is Nc1nc(NC2CCOC(c3ccccc3)C2)ncc1[N+](=O)[O-]. The van der Waals surface area contributed by atoms with Gasteiger partial charge in [0.05, 0.1) is 11.0 Å². The summed E-state index contributed by atoms with van der Waals surface area (Å²) in [6.07, 6.45) is 2.71. The van der Waals surface area contributed by atoms with E-state index in [2.05, 4.69) is 15.3 Å². The van der Waals surface area contributed by atoms with Crippen LogP contribution in [-0.4, -0.2) is 27.5 Å². The molecule has 1 fully saturated rings. The lowest BCUT2D eigenvalue weighted by Gasteiger charge is -2.30. The zero-order valence-corrected chi connectivity index (χ0v) is 12.4. The second-order valence-electron chi connectivity index (χ2n) is 5.36. The summed E-state index contributed by atoms with van der Waals surface area (Å²) < 4.78 is 5.81. The van der Waals surface area contributed by atoms with Crippen molar-refractivity contribution in [3.05, 3.63) is 52.2 Å². The molecule has 1 aliphatic rings. The molecule has 3 rings (SSSR count). The summed E-state index contributed by atoms with van der Waals surface area (Å²) in [6, 6.07) is 10.1. The van der Waals surface area contributed by atoms with E-state index in [0.29, 0.717) is 12.6 Å². The van der Waals surface area contributed by atoms with E-state index in [1.165, 1.54) is 0 Å². The summed E-state index contributed by atoms with van der Waals surface area (Å²) in [5, 5.41) is 13.9. The van der Waals surface area contributed by atoms with Crippen LogP contribution in [0.2, 0.25) is 0 Å². The fourth-order valence-electron chi connectivity index (χ4n) is 2.61. The molecule has 0 aliphatic carbocycles. The van der Waals surface area contributed by atoms with E-state index in [0.717, 1.165) is 24.6 Å². The first-order valence-corrected chi connectivity index (χ1v) is 7.33. The van der Waals surface area contributed by atoms with Crippen molar-refractivity contribution in [2.45, 2.75) is 25.0 Å². The lowest BCUT2D eigenvalue weighted by atomic mass is 9.97. The van der Waals surface area contributed by atoms with Gasteiger partial charge >= 0.3 is 5.69 Å². The van der Waals surface area contributed by atoms with E-state index in [1.54, 1.807) is 0 Å². The Bertz CT molecular complexity index is 695. The molecule has 2 unspecified atom stereocenters. The number of nitro groups is 1. The molecule has 1 aromatic carbocycles. The molecular formula is C15H17N5O3. The monoisotopic (exact) mass is 315 g/mol. The molecule has 2 heterocycles. The summed E-state index contributed by atoms with van der Waals surface area (Å²) in [5.74, 6) is 0.158. The molecule has 2 atom stereocenters. The molecule has 0 amide bonds. The summed E-state index contributed by atoms with van der Waals surface area (Å²) >= 11 is 0. The Labute approximate surface area is 132 Å². The van der Waals surface area contributed by atoms with Crippen molar-refractivity contribution in [2.75, 3.05) is 17.7 Å². The van der Waals surface area contributed by atoms with E-state index in [9.17, 15) is 10.1 Å². The number of nitrogens with two attached hydrogens (primary N) is 1. The fraction of sp³-hybridized carbons (Fsp3) is 0.333. The summed E-state index contributed by atoms with van der Waals surface area (Å²) in [6.45, 7) is 0.625. The highest BCUT2D eigenvalue weighted by atomic mass is 16.6. The molecule has 0 bridgehead atoms. The second-order valence-corrected chi connectivity index (χ2v) is 5.36. The van der Waals surface area contributed by atoms with Crippen LogP contribution in [0.4, 0.5) is 17.5 Å². The maximum Gasteiger partial charge on any atom is 0.329 e. The Balaban J connectivity index is 1.68. The highest BCUT2D eigenvalue weighted by Gasteiger charge is 2.25. The van der Waals surface area contributed by atoms with Gasteiger partial charge in [-0.25, -0.2) is 4.98 Å². The average molecular weight is 315 g/mol. The van der Waals surface area contributed by atoms with Crippen molar-refractivity contribution in [3.8, 4) is 0 Å². The fourth-order valence-corrected chi connectivity index (χ4v) is 2.61. The molecule has 8 heteroatoms. The van der Waals surface area contributed by atoms with Crippen LogP contribution in [0.3, 0.4) is 0 Å². The molecular weight excluding hydrogens is 298 g/mol. The van der Waals surface area contributed by atoms with Crippen molar-refractivity contribution in [1.29, 1.82) is 0 Å². The van der Waals surface area contributed by atoms with Gasteiger partial charge in [-0.15, -0.1) is 0 Å². The molecule has 1 aliphatic heterocycles. The largest absolute Gasteiger partial charge is 0.378 e. The van der Waals surface area contributed by atoms with Crippen molar-refractivity contribution >= 4 is 17.5 Å². The van der Waals surface area contributed by atoms with Gasteiger partial charge in [-0.2, -0.15) is 4.98 Å². The molecule has 0 saturated carbocycles. The molecule has 2 aromatic rings. The first-order valence-electron chi connectivity index (χ1n) is 7.33. The first-order chi connectivity index (χ1) is 11.1. The molecule has 0 radical (unpaired) electrons. The standard InChI is InChI=1S/C15H17N5O3/c16-14-12(20(21)22)9-17-15(19-14)18-11-6-7-23-13(8-11)10-4-2-1-3-5-10/h1-5,9,11,13H,6-8H2,(H3,16,17,18,19). The van der Waals surface area contributed by atoms with Crippen LogP contribution < -0.4 is 11.1 Å². The molecule has 1 saturated heterocycles. The van der Waals surface area contributed by atoms with Crippen LogP contribution in [0.1, 0.15) is 24.5 Å². The summed E-state index contributed by atoms with van der Waals surface area (Å²) in [4.78, 5) is 18.1. The van der Waals surface area contributed by atoms with Gasteiger partial charge in [0.2, 0.25) is 11.8 Å². The van der Waals surface area contributed by atoms with Crippen molar-refractivity contribution in [1.82, 2.24) is 9.97 Å². The van der Waals surface area contributed by atoms with Gasteiger partial charge in [0.25, 0.3) is 0 Å². The van der Waals surface area contributed by atoms with E-state index in [4.69, 9.17) is 10.5 Å². The van der Waals surface area contributed by atoms with Gasteiger partial charge < -0.3 is 15.8 Å². The quantitative estimate of drug-likeness (QED) is 0.656. The van der Waals surface area contributed by atoms with Crippen molar-refractivity contribution in [3.63, 3.8) is 0 Å². The third-order valence-corrected chi connectivity index (χ3v) is 3.78. The number of nitrogens with zero attached hydrogens (tertiary/aromatic N) is 3. The molecule has 3 N–H and O–H groups in total. The van der Waals surface area contributed by atoms with Gasteiger partial charge in [-0.05, 0) is 18.4 Å². The van der Waals surface area contributed by atoms with Gasteiger partial charge in [0, 0.05) is 12.6 Å². The number of nitrogen functional groups attached to an aromatic ring is 1. The number of anilines is 2. The normalized spacial score (nSPS) is 20.9. The van der Waals surface area contributed by atoms with Crippen LogP contribution in [0, 0.1) is 10.1 Å². The number of hydrogen-bond acceptors (Lipinski definition) is 7. The van der Waals surface area contributed by atoms with Gasteiger partial charge in [-0.3, -0.25) is 10.1 Å². The molecule has 1 aromatic heterocycles. The number of aromatic nitrogens is 2. The predicted molar refractivity (Wildman–Crippen MR) is 84.9 cm³/mol. The maximum absolute atomic E-state index is 10.7. The van der Waals surface area contributed by atoms with E-state index in [-0.39, 0.29) is 23.7 Å².